The van der Waals surface area contributed by atoms with Gasteiger partial charge in [0.05, 0.1) is 11.8 Å². The molecule has 2 fully saturated rings. The standard InChI is InChI=1S/C14H16N2O2/c1-15-13(17)11-8-16(9-12(11)14(15)18)7-10-5-3-2-4-6-10/h2-6,11-12H,7-9H2,1H3/t11-,12-/m0/s1. The molecule has 4 nitrogen and oxygen atoms in total. The second-order valence-electron chi connectivity index (χ2n) is 5.13. The number of likely N-dealkylation sites (tertiary alicyclic amines) is 2. The van der Waals surface area contributed by atoms with Crippen LogP contribution in [0.5, 0.6) is 0 Å². The first kappa shape index (κ1) is 11.4. The molecule has 0 aromatic heterocycles. The molecule has 18 heavy (non-hydrogen) atoms. The monoisotopic (exact) mass is 244 g/mol. The van der Waals surface area contributed by atoms with Crippen LogP contribution in [0.2, 0.25) is 0 Å². The summed E-state index contributed by atoms with van der Waals surface area (Å²) in [5, 5.41) is 0. The van der Waals surface area contributed by atoms with E-state index in [1.807, 2.05) is 18.2 Å². The molecule has 0 saturated carbocycles. The van der Waals surface area contributed by atoms with Gasteiger partial charge in [0.25, 0.3) is 0 Å². The van der Waals surface area contributed by atoms with E-state index in [-0.39, 0.29) is 23.7 Å². The van der Waals surface area contributed by atoms with Crippen LogP contribution >= 0.6 is 0 Å². The zero-order chi connectivity index (χ0) is 12.7. The maximum atomic E-state index is 11.9. The molecule has 0 aliphatic carbocycles. The molecule has 0 spiro atoms. The summed E-state index contributed by atoms with van der Waals surface area (Å²) in [5.41, 5.74) is 1.23. The van der Waals surface area contributed by atoms with Gasteiger partial charge in [-0.05, 0) is 5.56 Å². The van der Waals surface area contributed by atoms with Crippen LogP contribution in [-0.2, 0) is 16.1 Å². The topological polar surface area (TPSA) is 40.6 Å². The number of carbonyl (C=O) groups excluding carboxylic acids is 2. The average Bonchev–Trinajstić information content (AvgIpc) is 2.88. The van der Waals surface area contributed by atoms with Gasteiger partial charge in [0, 0.05) is 26.7 Å². The highest BCUT2D eigenvalue weighted by molar-refractivity contribution is 6.05. The molecule has 0 radical (unpaired) electrons. The van der Waals surface area contributed by atoms with E-state index in [4.69, 9.17) is 0 Å². The van der Waals surface area contributed by atoms with Gasteiger partial charge in [-0.3, -0.25) is 19.4 Å². The van der Waals surface area contributed by atoms with Gasteiger partial charge in [-0.1, -0.05) is 30.3 Å². The lowest BCUT2D eigenvalue weighted by atomic mass is 10.00. The molecule has 0 bridgehead atoms. The molecule has 2 atom stereocenters. The van der Waals surface area contributed by atoms with Gasteiger partial charge in [0.2, 0.25) is 11.8 Å². The van der Waals surface area contributed by atoms with Crippen molar-refractivity contribution in [3.05, 3.63) is 35.9 Å². The Hall–Kier alpha value is -1.68. The molecule has 0 N–H and O–H groups in total. The first-order chi connectivity index (χ1) is 8.66. The molecule has 2 aliphatic rings. The van der Waals surface area contributed by atoms with E-state index in [9.17, 15) is 9.59 Å². The normalized spacial score (nSPS) is 27.9. The zero-order valence-corrected chi connectivity index (χ0v) is 10.4. The number of imide groups is 1. The van der Waals surface area contributed by atoms with Crippen LogP contribution in [-0.4, -0.2) is 41.8 Å². The fraction of sp³-hybridized carbons (Fsp3) is 0.429. The van der Waals surface area contributed by atoms with Crippen LogP contribution in [0.1, 0.15) is 5.56 Å². The van der Waals surface area contributed by atoms with E-state index in [2.05, 4.69) is 17.0 Å². The number of benzene rings is 1. The molecule has 2 aliphatic heterocycles. The minimum atomic E-state index is -0.119. The Morgan fingerprint density at radius 3 is 2.17 bits per heavy atom. The van der Waals surface area contributed by atoms with Crippen molar-refractivity contribution in [3.63, 3.8) is 0 Å². The quantitative estimate of drug-likeness (QED) is 0.720. The third-order valence-corrected chi connectivity index (χ3v) is 3.94. The summed E-state index contributed by atoms with van der Waals surface area (Å²) in [6.45, 7) is 2.22. The van der Waals surface area contributed by atoms with Gasteiger partial charge in [-0.15, -0.1) is 0 Å². The van der Waals surface area contributed by atoms with Gasteiger partial charge >= 0.3 is 0 Å². The van der Waals surface area contributed by atoms with E-state index in [1.165, 1.54) is 10.5 Å². The molecule has 1 aromatic rings. The molecule has 2 amide bonds. The van der Waals surface area contributed by atoms with Crippen LogP contribution in [0.15, 0.2) is 30.3 Å². The Balaban J connectivity index is 1.70. The van der Waals surface area contributed by atoms with Gasteiger partial charge in [0.1, 0.15) is 0 Å². The predicted octanol–water partition coefficient (Wildman–Crippen LogP) is 0.733. The minimum Gasteiger partial charge on any atom is -0.297 e. The second kappa shape index (κ2) is 4.21. The second-order valence-corrected chi connectivity index (χ2v) is 5.13. The van der Waals surface area contributed by atoms with Gasteiger partial charge < -0.3 is 0 Å². The van der Waals surface area contributed by atoms with Gasteiger partial charge in [-0.25, -0.2) is 0 Å². The fourth-order valence-electron chi connectivity index (χ4n) is 2.96. The molecule has 3 rings (SSSR count). The summed E-state index contributed by atoms with van der Waals surface area (Å²) in [6.07, 6.45) is 0. The number of hydrogen-bond donors (Lipinski definition) is 0. The Bertz CT molecular complexity index is 462. The first-order valence-corrected chi connectivity index (χ1v) is 6.24. The van der Waals surface area contributed by atoms with Crippen molar-refractivity contribution in [2.24, 2.45) is 11.8 Å². The van der Waals surface area contributed by atoms with Crippen molar-refractivity contribution >= 4 is 11.8 Å². The third-order valence-electron chi connectivity index (χ3n) is 3.94. The summed E-state index contributed by atoms with van der Waals surface area (Å²) in [5.74, 6) is -0.265. The SMILES string of the molecule is CN1C(=O)[C@H]2CN(Cc3ccccc3)C[C@@H]2C1=O. The molecule has 94 valence electrons. The first-order valence-electron chi connectivity index (χ1n) is 6.24. The Morgan fingerprint density at radius 1 is 1.06 bits per heavy atom. The summed E-state index contributed by atoms with van der Waals surface area (Å²) >= 11 is 0. The van der Waals surface area contributed by atoms with E-state index in [0.29, 0.717) is 13.1 Å². The van der Waals surface area contributed by atoms with E-state index in [0.717, 1.165) is 6.54 Å². The largest absolute Gasteiger partial charge is 0.297 e. The minimum absolute atomic E-state index is 0.0134. The lowest BCUT2D eigenvalue weighted by molar-refractivity contribution is -0.138. The van der Waals surface area contributed by atoms with Crippen LogP contribution < -0.4 is 0 Å². The maximum absolute atomic E-state index is 11.9. The number of amides is 2. The number of hydrogen-bond acceptors (Lipinski definition) is 3. The number of fused-ring (bicyclic) bond motifs is 1. The molecular formula is C14H16N2O2. The van der Waals surface area contributed by atoms with Crippen molar-refractivity contribution in [1.82, 2.24) is 9.80 Å². The molecule has 2 saturated heterocycles. The molecule has 4 heteroatoms. The predicted molar refractivity (Wildman–Crippen MR) is 66.5 cm³/mol. The highest BCUT2D eigenvalue weighted by atomic mass is 16.2. The van der Waals surface area contributed by atoms with Crippen molar-refractivity contribution in [1.29, 1.82) is 0 Å². The lowest BCUT2D eigenvalue weighted by Crippen LogP contribution is -2.32. The summed E-state index contributed by atoms with van der Waals surface area (Å²) < 4.78 is 0. The van der Waals surface area contributed by atoms with E-state index < -0.39 is 0 Å². The van der Waals surface area contributed by atoms with Crippen LogP contribution in [0, 0.1) is 11.8 Å². The summed E-state index contributed by atoms with van der Waals surface area (Å²) in [6, 6.07) is 10.2. The van der Waals surface area contributed by atoms with Crippen LogP contribution in [0.25, 0.3) is 0 Å². The van der Waals surface area contributed by atoms with Crippen molar-refractivity contribution < 1.29 is 9.59 Å². The lowest BCUT2D eigenvalue weighted by Gasteiger charge is -2.18. The highest BCUT2D eigenvalue weighted by Crippen LogP contribution is 2.33. The molecule has 0 unspecified atom stereocenters. The Morgan fingerprint density at radius 2 is 1.61 bits per heavy atom. The van der Waals surface area contributed by atoms with Crippen molar-refractivity contribution in [3.8, 4) is 0 Å². The van der Waals surface area contributed by atoms with Crippen LogP contribution in [0.4, 0.5) is 0 Å². The van der Waals surface area contributed by atoms with Gasteiger partial charge in [-0.2, -0.15) is 0 Å². The number of rotatable bonds is 2. The van der Waals surface area contributed by atoms with E-state index >= 15 is 0 Å². The van der Waals surface area contributed by atoms with Crippen LogP contribution in [0.3, 0.4) is 0 Å². The smallest absolute Gasteiger partial charge is 0.234 e. The average molecular weight is 244 g/mol. The Kier molecular flexibility index (Phi) is 2.67. The molecule has 2 heterocycles. The fourth-order valence-corrected chi connectivity index (χ4v) is 2.96. The summed E-state index contributed by atoms with van der Waals surface area (Å²) in [7, 11) is 1.59. The molecule has 1 aromatic carbocycles. The highest BCUT2D eigenvalue weighted by Gasteiger charge is 2.50. The third kappa shape index (κ3) is 1.73. The summed E-state index contributed by atoms with van der Waals surface area (Å²) in [4.78, 5) is 27.2. The number of carbonyl (C=O) groups is 2. The Labute approximate surface area is 106 Å². The zero-order valence-electron chi connectivity index (χ0n) is 10.4. The van der Waals surface area contributed by atoms with Crippen molar-refractivity contribution in [2.45, 2.75) is 6.54 Å². The van der Waals surface area contributed by atoms with Crippen molar-refractivity contribution in [2.75, 3.05) is 20.1 Å². The van der Waals surface area contributed by atoms with E-state index in [1.54, 1.807) is 7.05 Å². The van der Waals surface area contributed by atoms with Gasteiger partial charge in [0.15, 0.2) is 0 Å². The number of nitrogens with zero attached hydrogens (tertiary/aromatic N) is 2. The maximum Gasteiger partial charge on any atom is 0.234 e. The molecular weight excluding hydrogens is 228 g/mol.